The minimum atomic E-state index is -5.41. The number of rotatable bonds is 11. The van der Waals surface area contributed by atoms with E-state index in [1.165, 1.54) is 0 Å². The highest BCUT2D eigenvalue weighted by Crippen LogP contribution is 2.29. The van der Waals surface area contributed by atoms with Crippen LogP contribution in [0.1, 0.15) is 5.56 Å². The molecule has 1 heterocycles. The Hall–Kier alpha value is -1.24. The molecule has 0 aromatic heterocycles. The van der Waals surface area contributed by atoms with Crippen LogP contribution in [0, 0.1) is 0 Å². The smallest absolute Gasteiger partial charge is 0.218 e. The van der Waals surface area contributed by atoms with Gasteiger partial charge >= 0.3 is 0 Å². The van der Waals surface area contributed by atoms with E-state index in [0.717, 1.165) is 0 Å². The van der Waals surface area contributed by atoms with E-state index in [4.69, 9.17) is 19.3 Å². The molecule has 0 radical (unpaired) electrons. The summed E-state index contributed by atoms with van der Waals surface area (Å²) in [7, 11) is -10.6. The lowest BCUT2D eigenvalue weighted by atomic mass is 9.97. The highest BCUT2D eigenvalue weighted by Gasteiger charge is 2.49. The second kappa shape index (κ2) is 10.9. The van der Waals surface area contributed by atoms with Crippen molar-refractivity contribution >= 4 is 20.7 Å². The number of aliphatic hydroxyl groups excluding tert-OH is 2. The molecule has 3 N–H and O–H groups in total. The van der Waals surface area contributed by atoms with E-state index in [1.807, 2.05) is 0 Å². The second-order valence-corrected chi connectivity index (χ2v) is 8.30. The highest BCUT2D eigenvalue weighted by atomic mass is 32.3. The Bertz CT molecular complexity index is 863. The van der Waals surface area contributed by atoms with Crippen LogP contribution in [0.2, 0.25) is 0 Å². The van der Waals surface area contributed by atoms with E-state index in [-0.39, 0.29) is 6.61 Å². The van der Waals surface area contributed by atoms with Crippen LogP contribution >= 0.6 is 0 Å². The van der Waals surface area contributed by atoms with Crippen LogP contribution in [0.15, 0.2) is 30.3 Å². The second-order valence-electron chi connectivity index (χ2n) is 6.15. The van der Waals surface area contributed by atoms with E-state index < -0.39 is 71.2 Å². The van der Waals surface area contributed by atoms with E-state index in [1.54, 1.807) is 35.1 Å². The molecular formula is C15H21NO12S2-2. The van der Waals surface area contributed by atoms with Gasteiger partial charge in [0.1, 0.15) is 24.4 Å². The van der Waals surface area contributed by atoms with Crippen LogP contribution in [-0.4, -0.2) is 86.6 Å². The van der Waals surface area contributed by atoms with Crippen LogP contribution in [0.5, 0.6) is 0 Å². The average molecular weight is 471 g/mol. The number of benzene rings is 1. The maximum absolute atomic E-state index is 11.3. The third-order valence-electron chi connectivity index (χ3n) is 3.99. The van der Waals surface area contributed by atoms with Gasteiger partial charge in [0.15, 0.2) is 16.6 Å². The SMILES string of the molecule is O=S(=O)([O-])N[C@H]1[C@@H](OCCO)O[C@H](CO)[C@@H](OCc2ccccc2)[C@@H]1OS(=O)(=O)[O-]. The molecule has 5 atom stereocenters. The summed E-state index contributed by atoms with van der Waals surface area (Å²) in [5.41, 5.74) is 0.623. The van der Waals surface area contributed by atoms with Gasteiger partial charge in [-0.1, -0.05) is 30.3 Å². The normalized spacial score (nSPS) is 27.8. The third-order valence-corrected chi connectivity index (χ3v) is 5.01. The zero-order chi connectivity index (χ0) is 22.4. The monoisotopic (exact) mass is 471 g/mol. The van der Waals surface area contributed by atoms with Crippen molar-refractivity contribution in [2.75, 3.05) is 19.8 Å². The van der Waals surface area contributed by atoms with Gasteiger partial charge in [0.05, 0.1) is 26.4 Å². The number of hydrogen-bond donors (Lipinski definition) is 3. The predicted octanol–water partition coefficient (Wildman–Crippen LogP) is -2.44. The molecule has 0 spiro atoms. The highest BCUT2D eigenvalue weighted by molar-refractivity contribution is 7.83. The van der Waals surface area contributed by atoms with Gasteiger partial charge in [0.2, 0.25) is 10.4 Å². The van der Waals surface area contributed by atoms with Crippen LogP contribution in [0.4, 0.5) is 0 Å². The van der Waals surface area contributed by atoms with Gasteiger partial charge in [0.25, 0.3) is 0 Å². The van der Waals surface area contributed by atoms with E-state index in [9.17, 15) is 31.0 Å². The first-order valence-electron chi connectivity index (χ1n) is 8.55. The minimum Gasteiger partial charge on any atom is -0.735 e. The standard InChI is InChI=1S/C15H23NO12S2/c17-6-7-25-15-12(16-29(19,20)21)14(28-30(22,23)24)13(11(8-18)27-15)26-9-10-4-2-1-3-5-10/h1-5,11-18H,6-9H2,(H,19,20,21)(H,22,23,24)/p-2/t11-,12-,13-,14-,15+/m1/s1. The van der Waals surface area contributed by atoms with Crippen molar-refractivity contribution in [2.45, 2.75) is 37.3 Å². The molecule has 1 aliphatic rings. The molecule has 172 valence electrons. The molecular weight excluding hydrogens is 450 g/mol. The molecule has 1 saturated heterocycles. The summed E-state index contributed by atoms with van der Waals surface area (Å²) in [5, 5.41) is 18.6. The number of aliphatic hydroxyl groups is 2. The van der Waals surface area contributed by atoms with Gasteiger partial charge in [-0.05, 0) is 5.56 Å². The fourth-order valence-corrected chi connectivity index (χ4v) is 3.95. The summed E-state index contributed by atoms with van der Waals surface area (Å²) in [6.07, 6.45) is -6.42. The molecule has 0 aliphatic carbocycles. The lowest BCUT2D eigenvalue weighted by molar-refractivity contribution is -0.275. The molecule has 0 bridgehead atoms. The fraction of sp³-hybridized carbons (Fsp3) is 0.600. The molecule has 13 nitrogen and oxygen atoms in total. The summed E-state index contributed by atoms with van der Waals surface area (Å²) in [6, 6.07) is 6.63. The van der Waals surface area contributed by atoms with Gasteiger partial charge in [0, 0.05) is 0 Å². The average Bonchev–Trinajstić information content (AvgIpc) is 2.65. The molecule has 1 aliphatic heterocycles. The maximum atomic E-state index is 11.3. The Kier molecular flexibility index (Phi) is 9.07. The third kappa shape index (κ3) is 7.78. The van der Waals surface area contributed by atoms with E-state index >= 15 is 0 Å². The van der Waals surface area contributed by atoms with Crippen molar-refractivity contribution in [3.05, 3.63) is 35.9 Å². The molecule has 15 heteroatoms. The zero-order valence-electron chi connectivity index (χ0n) is 15.4. The Morgan fingerprint density at radius 1 is 1.03 bits per heavy atom. The van der Waals surface area contributed by atoms with Gasteiger partial charge in [-0.3, -0.25) is 4.18 Å². The molecule has 30 heavy (non-hydrogen) atoms. The summed E-state index contributed by atoms with van der Waals surface area (Å²) >= 11 is 0. The number of hydrogen-bond acceptors (Lipinski definition) is 12. The molecule has 0 saturated carbocycles. The van der Waals surface area contributed by atoms with Crippen molar-refractivity contribution in [3.8, 4) is 0 Å². The largest absolute Gasteiger partial charge is 0.735 e. The summed E-state index contributed by atoms with van der Waals surface area (Å²) < 4.78 is 89.7. The van der Waals surface area contributed by atoms with Gasteiger partial charge in [-0.15, -0.1) is 0 Å². The van der Waals surface area contributed by atoms with Crippen molar-refractivity contribution in [2.24, 2.45) is 0 Å². The number of ether oxygens (including phenoxy) is 3. The van der Waals surface area contributed by atoms with Crippen molar-refractivity contribution in [1.82, 2.24) is 4.72 Å². The van der Waals surface area contributed by atoms with Crippen LogP contribution in [-0.2, 0) is 45.7 Å². The summed E-state index contributed by atoms with van der Waals surface area (Å²) in [5.74, 6) is 0. The molecule has 2 rings (SSSR count). The molecule has 1 aromatic carbocycles. The first-order chi connectivity index (χ1) is 14.0. The zero-order valence-corrected chi connectivity index (χ0v) is 17.0. The van der Waals surface area contributed by atoms with Crippen LogP contribution in [0.25, 0.3) is 0 Å². The Morgan fingerprint density at radius 2 is 1.70 bits per heavy atom. The Labute approximate surface area is 173 Å². The molecule has 1 fully saturated rings. The molecule has 1 aromatic rings. The fourth-order valence-electron chi connectivity index (χ4n) is 2.87. The lowest BCUT2D eigenvalue weighted by Gasteiger charge is -2.45. The lowest BCUT2D eigenvalue weighted by Crippen LogP contribution is -2.66. The van der Waals surface area contributed by atoms with Crippen LogP contribution < -0.4 is 4.72 Å². The molecule has 0 amide bonds. The van der Waals surface area contributed by atoms with Crippen molar-refractivity contribution < 1.29 is 54.5 Å². The predicted molar refractivity (Wildman–Crippen MR) is 95.0 cm³/mol. The topological polar surface area (TPSA) is 204 Å². The summed E-state index contributed by atoms with van der Waals surface area (Å²) in [4.78, 5) is 0. The molecule has 0 unspecified atom stereocenters. The maximum Gasteiger partial charge on any atom is 0.218 e. The van der Waals surface area contributed by atoms with Gasteiger partial charge in [-0.2, -0.15) is 0 Å². The van der Waals surface area contributed by atoms with Crippen molar-refractivity contribution in [1.29, 1.82) is 0 Å². The van der Waals surface area contributed by atoms with Crippen molar-refractivity contribution in [3.63, 3.8) is 0 Å². The number of nitrogens with one attached hydrogen (secondary N) is 1. The summed E-state index contributed by atoms with van der Waals surface area (Å²) in [6.45, 7) is -1.83. The Morgan fingerprint density at radius 3 is 2.23 bits per heavy atom. The van der Waals surface area contributed by atoms with E-state index in [0.29, 0.717) is 5.56 Å². The van der Waals surface area contributed by atoms with Crippen LogP contribution in [0.3, 0.4) is 0 Å². The Balaban J connectivity index is 2.38. The first kappa shape index (κ1) is 25.0. The first-order valence-corrected chi connectivity index (χ1v) is 11.3. The van der Waals surface area contributed by atoms with E-state index in [2.05, 4.69) is 4.18 Å². The van der Waals surface area contributed by atoms with Gasteiger partial charge in [-0.25, -0.2) is 21.6 Å². The quantitative estimate of drug-likeness (QED) is 0.227. The minimum absolute atomic E-state index is 0.150. The van der Waals surface area contributed by atoms with Gasteiger partial charge < -0.3 is 33.5 Å².